The molecule has 0 aliphatic carbocycles. The van der Waals surface area contributed by atoms with Crippen molar-refractivity contribution in [3.63, 3.8) is 0 Å². The SMILES string of the molecule is O=C(c1ccc2nsnc2c1)N1CCN(C(=O)c2cc3n(n2)CCCC3)CC1. The number of nitrogens with zero attached hydrogens (tertiary/aromatic N) is 6. The average Bonchev–Trinajstić information content (AvgIpc) is 3.39. The van der Waals surface area contributed by atoms with E-state index in [0.717, 1.165) is 54.3 Å². The Labute approximate surface area is 166 Å². The molecule has 2 aliphatic heterocycles. The van der Waals surface area contributed by atoms with Gasteiger partial charge < -0.3 is 9.80 Å². The van der Waals surface area contributed by atoms with E-state index in [0.29, 0.717) is 37.4 Å². The summed E-state index contributed by atoms with van der Waals surface area (Å²) < 4.78 is 10.3. The number of hydrogen-bond donors (Lipinski definition) is 0. The van der Waals surface area contributed by atoms with Crippen LogP contribution >= 0.6 is 11.7 Å². The molecular formula is C19H20N6O2S. The number of amides is 2. The van der Waals surface area contributed by atoms with E-state index in [1.54, 1.807) is 21.9 Å². The zero-order valence-corrected chi connectivity index (χ0v) is 16.2. The fraction of sp³-hybridized carbons (Fsp3) is 0.421. The second-order valence-corrected chi connectivity index (χ2v) is 7.78. The number of rotatable bonds is 2. The maximum Gasteiger partial charge on any atom is 0.274 e. The fourth-order valence-corrected chi connectivity index (χ4v) is 4.41. The molecule has 144 valence electrons. The van der Waals surface area contributed by atoms with Crippen LogP contribution in [0.3, 0.4) is 0 Å². The van der Waals surface area contributed by atoms with Gasteiger partial charge in [-0.3, -0.25) is 14.3 Å². The van der Waals surface area contributed by atoms with Gasteiger partial charge in [-0.15, -0.1) is 0 Å². The van der Waals surface area contributed by atoms with Crippen LogP contribution in [0, 0.1) is 0 Å². The molecule has 9 heteroatoms. The van der Waals surface area contributed by atoms with Gasteiger partial charge in [-0.1, -0.05) is 0 Å². The normalized spacial score (nSPS) is 17.0. The Bertz CT molecular complexity index is 1030. The van der Waals surface area contributed by atoms with Gasteiger partial charge in [0.2, 0.25) is 0 Å². The van der Waals surface area contributed by atoms with Gasteiger partial charge in [-0.2, -0.15) is 13.8 Å². The summed E-state index contributed by atoms with van der Waals surface area (Å²) in [5.41, 5.74) is 3.84. The number of aromatic nitrogens is 4. The van der Waals surface area contributed by atoms with Crippen LogP contribution in [0.4, 0.5) is 0 Å². The van der Waals surface area contributed by atoms with Gasteiger partial charge in [0, 0.05) is 44.0 Å². The molecule has 1 saturated heterocycles. The van der Waals surface area contributed by atoms with Gasteiger partial charge in [0.15, 0.2) is 5.69 Å². The van der Waals surface area contributed by atoms with Crippen LogP contribution in [0.5, 0.6) is 0 Å². The summed E-state index contributed by atoms with van der Waals surface area (Å²) in [6, 6.07) is 7.33. The maximum atomic E-state index is 12.8. The highest BCUT2D eigenvalue weighted by atomic mass is 32.1. The van der Waals surface area contributed by atoms with Gasteiger partial charge in [0.25, 0.3) is 11.8 Å². The molecule has 3 aromatic rings. The van der Waals surface area contributed by atoms with E-state index in [-0.39, 0.29) is 11.8 Å². The second kappa shape index (κ2) is 6.97. The minimum absolute atomic E-state index is 0.0283. The minimum atomic E-state index is -0.0380. The number of carbonyl (C=O) groups is 2. The van der Waals surface area contributed by atoms with E-state index < -0.39 is 0 Å². The summed E-state index contributed by atoms with van der Waals surface area (Å²) >= 11 is 1.14. The smallest absolute Gasteiger partial charge is 0.274 e. The zero-order valence-electron chi connectivity index (χ0n) is 15.4. The highest BCUT2D eigenvalue weighted by Gasteiger charge is 2.27. The number of benzene rings is 1. The molecule has 28 heavy (non-hydrogen) atoms. The Hall–Kier alpha value is -2.81. The molecule has 0 unspecified atom stereocenters. The molecule has 5 rings (SSSR count). The van der Waals surface area contributed by atoms with Crippen molar-refractivity contribution < 1.29 is 9.59 Å². The fourth-order valence-electron chi connectivity index (χ4n) is 3.89. The molecule has 0 N–H and O–H groups in total. The van der Waals surface area contributed by atoms with Crippen molar-refractivity contribution >= 4 is 34.6 Å². The van der Waals surface area contributed by atoms with E-state index in [9.17, 15) is 9.59 Å². The Balaban J connectivity index is 1.24. The molecule has 0 bridgehead atoms. The lowest BCUT2D eigenvalue weighted by atomic mass is 10.1. The monoisotopic (exact) mass is 396 g/mol. The third kappa shape index (κ3) is 3.05. The van der Waals surface area contributed by atoms with Crippen molar-refractivity contribution in [1.82, 2.24) is 28.3 Å². The van der Waals surface area contributed by atoms with Crippen molar-refractivity contribution in [2.75, 3.05) is 26.2 Å². The lowest BCUT2D eigenvalue weighted by Crippen LogP contribution is -2.50. The lowest BCUT2D eigenvalue weighted by molar-refractivity contribution is 0.0532. The first kappa shape index (κ1) is 17.3. The number of hydrogen-bond acceptors (Lipinski definition) is 6. The first-order valence-corrected chi connectivity index (χ1v) is 10.3. The minimum Gasteiger partial charge on any atom is -0.335 e. The quantitative estimate of drug-likeness (QED) is 0.660. The summed E-state index contributed by atoms with van der Waals surface area (Å²) in [5.74, 6) is -0.0663. The topological polar surface area (TPSA) is 84.2 Å². The molecule has 0 spiro atoms. The van der Waals surface area contributed by atoms with Crippen LogP contribution in [-0.2, 0) is 13.0 Å². The predicted molar refractivity (Wildman–Crippen MR) is 104 cm³/mol. The van der Waals surface area contributed by atoms with Gasteiger partial charge in [0.1, 0.15) is 11.0 Å². The molecule has 1 aromatic carbocycles. The zero-order chi connectivity index (χ0) is 19.1. The van der Waals surface area contributed by atoms with E-state index in [2.05, 4.69) is 13.8 Å². The molecule has 2 amide bonds. The average molecular weight is 396 g/mol. The summed E-state index contributed by atoms with van der Waals surface area (Å²) in [5, 5.41) is 4.48. The molecule has 1 fully saturated rings. The Morgan fingerprint density at radius 1 is 0.857 bits per heavy atom. The Morgan fingerprint density at radius 3 is 2.39 bits per heavy atom. The molecule has 4 heterocycles. The van der Waals surface area contributed by atoms with Gasteiger partial charge >= 0.3 is 0 Å². The van der Waals surface area contributed by atoms with Gasteiger partial charge in [-0.05, 0) is 43.5 Å². The summed E-state index contributed by atoms with van der Waals surface area (Å²) in [7, 11) is 0. The summed E-state index contributed by atoms with van der Waals surface area (Å²) in [6.45, 7) is 2.97. The molecule has 0 saturated carbocycles. The Kier molecular flexibility index (Phi) is 4.31. The number of carbonyl (C=O) groups excluding carboxylic acids is 2. The van der Waals surface area contributed by atoms with Crippen LogP contribution < -0.4 is 0 Å². The van der Waals surface area contributed by atoms with E-state index in [1.165, 1.54) is 0 Å². The van der Waals surface area contributed by atoms with E-state index in [4.69, 9.17) is 0 Å². The summed E-state index contributed by atoms with van der Waals surface area (Å²) in [4.78, 5) is 29.2. The largest absolute Gasteiger partial charge is 0.335 e. The molecular weight excluding hydrogens is 376 g/mol. The van der Waals surface area contributed by atoms with Crippen LogP contribution in [0.15, 0.2) is 24.3 Å². The number of piperazine rings is 1. The maximum absolute atomic E-state index is 12.8. The van der Waals surface area contributed by atoms with Crippen LogP contribution in [0.1, 0.15) is 39.4 Å². The lowest BCUT2D eigenvalue weighted by Gasteiger charge is -2.34. The van der Waals surface area contributed by atoms with Crippen molar-refractivity contribution in [3.8, 4) is 0 Å². The summed E-state index contributed by atoms with van der Waals surface area (Å²) in [6.07, 6.45) is 3.26. The second-order valence-electron chi connectivity index (χ2n) is 7.25. The first-order chi connectivity index (χ1) is 13.7. The van der Waals surface area contributed by atoms with Crippen molar-refractivity contribution in [2.45, 2.75) is 25.8 Å². The van der Waals surface area contributed by atoms with Crippen molar-refractivity contribution in [2.24, 2.45) is 0 Å². The third-order valence-electron chi connectivity index (χ3n) is 5.49. The first-order valence-electron chi connectivity index (χ1n) is 9.57. The number of aryl methyl sites for hydroxylation is 2. The Morgan fingerprint density at radius 2 is 1.61 bits per heavy atom. The van der Waals surface area contributed by atoms with E-state index in [1.807, 2.05) is 16.8 Å². The van der Waals surface area contributed by atoms with Gasteiger partial charge in [-0.25, -0.2) is 0 Å². The van der Waals surface area contributed by atoms with Gasteiger partial charge in [0.05, 0.1) is 11.7 Å². The molecule has 2 aromatic heterocycles. The van der Waals surface area contributed by atoms with Crippen LogP contribution in [0.2, 0.25) is 0 Å². The van der Waals surface area contributed by atoms with Crippen LogP contribution in [-0.4, -0.2) is 66.3 Å². The van der Waals surface area contributed by atoms with E-state index >= 15 is 0 Å². The number of fused-ring (bicyclic) bond motifs is 2. The molecule has 2 aliphatic rings. The molecule has 0 radical (unpaired) electrons. The molecule has 8 nitrogen and oxygen atoms in total. The molecule has 0 atom stereocenters. The van der Waals surface area contributed by atoms with Crippen molar-refractivity contribution in [1.29, 1.82) is 0 Å². The van der Waals surface area contributed by atoms with Crippen molar-refractivity contribution in [3.05, 3.63) is 41.2 Å². The predicted octanol–water partition coefficient (Wildman–Crippen LogP) is 1.82. The standard InChI is InChI=1S/C19H20N6O2S/c26-18(13-4-5-15-16(11-13)22-28-21-15)23-7-9-24(10-8-23)19(27)17-12-14-3-1-2-6-25(14)20-17/h4-5,11-12H,1-3,6-10H2. The highest BCUT2D eigenvalue weighted by Crippen LogP contribution is 2.19. The van der Waals surface area contributed by atoms with Crippen LogP contribution in [0.25, 0.3) is 11.0 Å². The highest BCUT2D eigenvalue weighted by molar-refractivity contribution is 7.00. The third-order valence-corrected chi connectivity index (χ3v) is 6.05.